The number of rotatable bonds is 2. The molecule has 0 saturated carbocycles. The molecule has 1 heterocycles. The molecular weight excluding hydrogens is 266 g/mol. The van der Waals surface area contributed by atoms with Gasteiger partial charge in [0, 0.05) is 26.2 Å². The van der Waals surface area contributed by atoms with E-state index >= 15 is 0 Å². The second kappa shape index (κ2) is 8.18. The van der Waals surface area contributed by atoms with Crippen molar-refractivity contribution in [3.8, 4) is 5.75 Å². The summed E-state index contributed by atoms with van der Waals surface area (Å²) >= 11 is 7.65. The first kappa shape index (κ1) is 15.1. The topological polar surface area (TPSA) is 50.5 Å². The highest BCUT2D eigenvalue weighted by atomic mass is 32.1. The summed E-state index contributed by atoms with van der Waals surface area (Å²) in [4.78, 5) is 2.36. The molecule has 1 fully saturated rings. The highest BCUT2D eigenvalue weighted by Gasteiger charge is 2.13. The molecule has 6 heteroatoms. The van der Waals surface area contributed by atoms with Gasteiger partial charge in [-0.05, 0) is 12.1 Å². The summed E-state index contributed by atoms with van der Waals surface area (Å²) in [7, 11) is 1.72. The second-order valence-corrected chi connectivity index (χ2v) is 4.97. The quantitative estimate of drug-likeness (QED) is 0.564. The molecule has 0 spiro atoms. The lowest BCUT2D eigenvalue weighted by Crippen LogP contribution is -2.43. The Labute approximate surface area is 119 Å². The molecule has 1 aromatic rings. The van der Waals surface area contributed by atoms with Gasteiger partial charge in [-0.1, -0.05) is 24.4 Å². The van der Waals surface area contributed by atoms with E-state index in [0.29, 0.717) is 0 Å². The van der Waals surface area contributed by atoms with Crippen molar-refractivity contribution in [2.45, 2.75) is 0 Å². The van der Waals surface area contributed by atoms with E-state index in [4.69, 9.17) is 10.5 Å². The number of thiocarbonyl (C=S) groups is 1. The zero-order chi connectivity index (χ0) is 13.4. The summed E-state index contributed by atoms with van der Waals surface area (Å²) in [6, 6.07) is 8.19. The van der Waals surface area contributed by atoms with Crippen LogP contribution in [0.2, 0.25) is 0 Å². The van der Waals surface area contributed by atoms with Crippen molar-refractivity contribution in [2.75, 3.05) is 38.2 Å². The number of nitrogens with zero attached hydrogens (tertiary/aromatic N) is 1. The van der Waals surface area contributed by atoms with Crippen molar-refractivity contribution in [1.82, 2.24) is 5.32 Å². The SMILES string of the molecule is COc1ccccc1N1CCNCC1.NC(=S)S. The highest BCUT2D eigenvalue weighted by molar-refractivity contribution is 8.10. The molecule has 1 aliphatic heterocycles. The van der Waals surface area contributed by atoms with E-state index < -0.39 is 0 Å². The Morgan fingerprint density at radius 3 is 2.50 bits per heavy atom. The molecule has 3 N–H and O–H groups in total. The molecule has 0 aromatic heterocycles. The lowest BCUT2D eigenvalue weighted by Gasteiger charge is -2.30. The van der Waals surface area contributed by atoms with Crippen LogP contribution in [-0.4, -0.2) is 37.6 Å². The van der Waals surface area contributed by atoms with Gasteiger partial charge in [-0.2, -0.15) is 0 Å². The minimum Gasteiger partial charge on any atom is -0.495 e. The summed E-state index contributed by atoms with van der Waals surface area (Å²) in [6.45, 7) is 4.22. The predicted octanol–water partition coefficient (Wildman–Crippen LogP) is 1.26. The summed E-state index contributed by atoms with van der Waals surface area (Å²) in [5, 5.41) is 3.34. The van der Waals surface area contributed by atoms with Gasteiger partial charge in [0.25, 0.3) is 0 Å². The lowest BCUT2D eigenvalue weighted by molar-refractivity contribution is 0.413. The molecule has 0 aliphatic carbocycles. The van der Waals surface area contributed by atoms with Gasteiger partial charge in [0.15, 0.2) is 0 Å². The number of methoxy groups -OCH3 is 1. The smallest absolute Gasteiger partial charge is 0.142 e. The van der Waals surface area contributed by atoms with Gasteiger partial charge in [-0.15, -0.1) is 12.6 Å². The molecular formula is C12H19N3OS2. The summed E-state index contributed by atoms with van der Waals surface area (Å²) in [5.41, 5.74) is 5.91. The van der Waals surface area contributed by atoms with E-state index in [1.165, 1.54) is 5.69 Å². The molecule has 0 amide bonds. The van der Waals surface area contributed by atoms with E-state index in [-0.39, 0.29) is 4.32 Å². The van der Waals surface area contributed by atoms with Crippen LogP contribution in [-0.2, 0) is 0 Å². The van der Waals surface area contributed by atoms with Crippen molar-refractivity contribution in [2.24, 2.45) is 5.73 Å². The number of piperazine rings is 1. The second-order valence-electron chi connectivity index (χ2n) is 3.75. The van der Waals surface area contributed by atoms with Gasteiger partial charge in [0.05, 0.1) is 12.8 Å². The summed E-state index contributed by atoms with van der Waals surface area (Å²) in [5.74, 6) is 0.967. The highest BCUT2D eigenvalue weighted by Crippen LogP contribution is 2.27. The average Bonchev–Trinajstić information content (AvgIpc) is 2.39. The Morgan fingerprint density at radius 1 is 1.39 bits per heavy atom. The molecule has 0 atom stereocenters. The summed E-state index contributed by atoms with van der Waals surface area (Å²) in [6.07, 6.45) is 0. The van der Waals surface area contributed by atoms with Crippen LogP contribution in [0.3, 0.4) is 0 Å². The first-order valence-electron chi connectivity index (χ1n) is 5.72. The van der Waals surface area contributed by atoms with Crippen LogP contribution < -0.4 is 20.7 Å². The maximum atomic E-state index is 5.34. The molecule has 4 nitrogen and oxygen atoms in total. The van der Waals surface area contributed by atoms with Crippen LogP contribution in [0, 0.1) is 0 Å². The lowest BCUT2D eigenvalue weighted by atomic mass is 10.2. The third kappa shape index (κ3) is 5.12. The van der Waals surface area contributed by atoms with Crippen LogP contribution in [0.25, 0.3) is 0 Å². The van der Waals surface area contributed by atoms with Gasteiger partial charge in [-0.3, -0.25) is 0 Å². The molecule has 0 bridgehead atoms. The first-order valence-corrected chi connectivity index (χ1v) is 6.57. The molecule has 100 valence electrons. The normalized spacial score (nSPS) is 14.4. The Bertz CT molecular complexity index is 377. The van der Waals surface area contributed by atoms with Crippen molar-refractivity contribution in [1.29, 1.82) is 0 Å². The van der Waals surface area contributed by atoms with E-state index in [1.54, 1.807) is 7.11 Å². The van der Waals surface area contributed by atoms with E-state index in [1.807, 2.05) is 12.1 Å². The standard InChI is InChI=1S/C11H16N2O.CH3NS2/c1-14-11-5-3-2-4-10(11)13-8-6-12-7-9-13;2-1(3)4/h2-5,12H,6-9H2,1H3;(H3,2,3,4). The number of benzene rings is 1. The van der Waals surface area contributed by atoms with Gasteiger partial charge in [-0.25, -0.2) is 0 Å². The maximum Gasteiger partial charge on any atom is 0.142 e. The van der Waals surface area contributed by atoms with Crippen molar-refractivity contribution in [3.63, 3.8) is 0 Å². The van der Waals surface area contributed by atoms with Crippen LogP contribution in [0.1, 0.15) is 0 Å². The third-order valence-electron chi connectivity index (χ3n) is 2.54. The fourth-order valence-corrected chi connectivity index (χ4v) is 1.80. The van der Waals surface area contributed by atoms with E-state index in [0.717, 1.165) is 31.9 Å². The molecule has 1 aliphatic rings. The van der Waals surface area contributed by atoms with Gasteiger partial charge >= 0.3 is 0 Å². The Hall–Kier alpha value is -0.980. The number of thiol groups is 1. The fourth-order valence-electron chi connectivity index (χ4n) is 1.80. The van der Waals surface area contributed by atoms with Crippen molar-refractivity contribution in [3.05, 3.63) is 24.3 Å². The Morgan fingerprint density at radius 2 is 1.94 bits per heavy atom. The fraction of sp³-hybridized carbons (Fsp3) is 0.417. The largest absolute Gasteiger partial charge is 0.495 e. The molecule has 1 aromatic carbocycles. The first-order chi connectivity index (χ1) is 8.65. The van der Waals surface area contributed by atoms with E-state index in [9.17, 15) is 0 Å². The maximum absolute atomic E-state index is 5.34. The number of anilines is 1. The number of ether oxygens (including phenoxy) is 1. The van der Waals surface area contributed by atoms with Crippen LogP contribution in [0.5, 0.6) is 5.75 Å². The zero-order valence-electron chi connectivity index (χ0n) is 10.4. The minimum absolute atomic E-state index is 0.194. The number of hydrogen-bond acceptors (Lipinski definition) is 4. The third-order valence-corrected chi connectivity index (χ3v) is 2.54. The van der Waals surface area contributed by atoms with Gasteiger partial charge < -0.3 is 20.7 Å². The Balaban J connectivity index is 0.000000357. The van der Waals surface area contributed by atoms with Crippen LogP contribution >= 0.6 is 24.8 Å². The molecule has 0 unspecified atom stereocenters. The minimum atomic E-state index is 0.194. The zero-order valence-corrected chi connectivity index (χ0v) is 12.1. The number of nitrogens with one attached hydrogen (secondary N) is 1. The average molecular weight is 285 g/mol. The van der Waals surface area contributed by atoms with Gasteiger partial charge in [0.2, 0.25) is 0 Å². The summed E-state index contributed by atoms with van der Waals surface area (Å²) < 4.78 is 5.53. The number of hydrogen-bond donors (Lipinski definition) is 3. The van der Waals surface area contributed by atoms with Crippen LogP contribution in [0.4, 0.5) is 5.69 Å². The number of nitrogens with two attached hydrogens (primary N) is 1. The van der Waals surface area contributed by atoms with Crippen molar-refractivity contribution < 1.29 is 4.74 Å². The van der Waals surface area contributed by atoms with Crippen molar-refractivity contribution >= 4 is 34.9 Å². The Kier molecular flexibility index (Phi) is 6.85. The predicted molar refractivity (Wildman–Crippen MR) is 83.8 cm³/mol. The molecule has 2 rings (SSSR count). The van der Waals surface area contributed by atoms with Gasteiger partial charge in [0.1, 0.15) is 10.1 Å². The molecule has 0 radical (unpaired) electrons. The molecule has 1 saturated heterocycles. The van der Waals surface area contributed by atoms with Crippen LogP contribution in [0.15, 0.2) is 24.3 Å². The number of para-hydroxylation sites is 2. The molecule has 18 heavy (non-hydrogen) atoms. The van der Waals surface area contributed by atoms with E-state index in [2.05, 4.69) is 47.2 Å². The monoisotopic (exact) mass is 285 g/mol.